The zero-order valence-electron chi connectivity index (χ0n) is 26.1. The summed E-state index contributed by atoms with van der Waals surface area (Å²) in [5.74, 6) is -3.20. The molecule has 236 valence electrons. The average Bonchev–Trinajstić information content (AvgIpc) is 3.55. The second-order valence-corrected chi connectivity index (χ2v) is 12.6. The van der Waals surface area contributed by atoms with Crippen LogP contribution in [0.5, 0.6) is 11.5 Å². The number of amides is 2. The van der Waals surface area contributed by atoms with Gasteiger partial charge in [-0.15, -0.1) is 0 Å². The number of hydrogen-bond donors (Lipinski definition) is 1. The molecule has 0 aliphatic carbocycles. The van der Waals surface area contributed by atoms with Crippen molar-refractivity contribution in [3.63, 3.8) is 0 Å². The SMILES string of the molecule is CCOC(=O)c1c(C(=O)NC(C)(C)C)c(-c2ccc(Oc3c(F)cccc3F)cc2)cn1[C@@H]1CCN(C(=O)OC(C)(C)C)C1. The van der Waals surface area contributed by atoms with Gasteiger partial charge in [-0.25, -0.2) is 18.4 Å². The fourth-order valence-electron chi connectivity index (χ4n) is 4.93. The number of rotatable bonds is 7. The predicted octanol–water partition coefficient (Wildman–Crippen LogP) is 7.11. The smallest absolute Gasteiger partial charge is 0.410 e. The zero-order chi connectivity index (χ0) is 32.4. The van der Waals surface area contributed by atoms with Gasteiger partial charge in [-0.3, -0.25) is 4.79 Å². The summed E-state index contributed by atoms with van der Waals surface area (Å²) in [4.78, 5) is 41.6. The molecule has 2 heterocycles. The summed E-state index contributed by atoms with van der Waals surface area (Å²) in [5, 5.41) is 2.94. The van der Waals surface area contributed by atoms with E-state index in [1.165, 1.54) is 18.2 Å². The molecule has 0 spiro atoms. The fraction of sp³-hybridized carbons (Fsp3) is 0.424. The summed E-state index contributed by atoms with van der Waals surface area (Å²) >= 11 is 0. The van der Waals surface area contributed by atoms with Gasteiger partial charge < -0.3 is 29.0 Å². The van der Waals surface area contributed by atoms with Crippen LogP contribution in [0.1, 0.15) is 81.8 Å². The molecule has 4 rings (SSSR count). The Morgan fingerprint density at radius 2 is 1.61 bits per heavy atom. The number of hydrogen-bond acceptors (Lipinski definition) is 6. The van der Waals surface area contributed by atoms with Crippen LogP contribution < -0.4 is 10.1 Å². The van der Waals surface area contributed by atoms with Crippen molar-refractivity contribution in [1.29, 1.82) is 0 Å². The number of para-hydroxylation sites is 1. The van der Waals surface area contributed by atoms with Gasteiger partial charge in [0.25, 0.3) is 5.91 Å². The Labute approximate surface area is 256 Å². The standard InChI is InChI=1S/C33H39F2N3O6/c1-8-42-30(40)27-26(29(39)36-32(2,3)4)23(19-38(27)21-16-17-37(18-21)31(41)44-33(5,6)7)20-12-14-22(15-13-20)43-28-24(34)10-9-11-25(28)35/h9-15,19,21H,8,16-18H2,1-7H3,(H,36,39)/t21-/m1/s1. The summed E-state index contributed by atoms with van der Waals surface area (Å²) in [6.45, 7) is 13.3. The monoisotopic (exact) mass is 611 g/mol. The third-order valence-electron chi connectivity index (χ3n) is 6.73. The highest BCUT2D eigenvalue weighted by Gasteiger charge is 2.36. The molecule has 0 bridgehead atoms. The molecule has 1 atom stereocenters. The Bertz CT molecular complexity index is 1520. The molecule has 2 aromatic carbocycles. The molecule has 3 aromatic rings. The molecule has 1 aliphatic heterocycles. The summed E-state index contributed by atoms with van der Waals surface area (Å²) in [6, 6.07) is 9.41. The number of carbonyl (C=O) groups is 3. The number of halogens is 2. The first-order chi connectivity index (χ1) is 20.6. The van der Waals surface area contributed by atoms with Crippen LogP contribution in [0, 0.1) is 11.6 Å². The maximum atomic E-state index is 14.2. The van der Waals surface area contributed by atoms with E-state index >= 15 is 0 Å². The molecular formula is C33H39F2N3O6. The van der Waals surface area contributed by atoms with E-state index in [4.69, 9.17) is 14.2 Å². The number of nitrogens with zero attached hydrogens (tertiary/aromatic N) is 2. The summed E-state index contributed by atoms with van der Waals surface area (Å²) in [5.41, 5.74) is -0.120. The molecule has 0 unspecified atom stereocenters. The maximum absolute atomic E-state index is 14.2. The first-order valence-corrected chi connectivity index (χ1v) is 14.5. The highest BCUT2D eigenvalue weighted by Crippen LogP contribution is 2.36. The van der Waals surface area contributed by atoms with Crippen molar-refractivity contribution in [2.24, 2.45) is 0 Å². The lowest BCUT2D eigenvalue weighted by Gasteiger charge is -2.24. The third-order valence-corrected chi connectivity index (χ3v) is 6.73. The van der Waals surface area contributed by atoms with Gasteiger partial charge in [-0.2, -0.15) is 0 Å². The lowest BCUT2D eigenvalue weighted by molar-refractivity contribution is 0.0288. The van der Waals surface area contributed by atoms with Crippen molar-refractivity contribution in [2.45, 2.75) is 72.1 Å². The average molecular weight is 612 g/mol. The molecule has 1 aliphatic rings. The van der Waals surface area contributed by atoms with Gasteiger partial charge in [0.05, 0.1) is 18.2 Å². The molecule has 11 heteroatoms. The molecule has 0 saturated carbocycles. The van der Waals surface area contributed by atoms with E-state index in [-0.39, 0.29) is 36.2 Å². The van der Waals surface area contributed by atoms with Crippen LogP contribution in [-0.2, 0) is 9.47 Å². The Hall–Kier alpha value is -4.41. The summed E-state index contributed by atoms with van der Waals surface area (Å²) < 4.78 is 46.4. The van der Waals surface area contributed by atoms with Gasteiger partial charge in [-0.1, -0.05) is 18.2 Å². The molecule has 1 N–H and O–H groups in total. The molecule has 1 saturated heterocycles. The second kappa shape index (κ2) is 12.7. The topological polar surface area (TPSA) is 99.1 Å². The lowest BCUT2D eigenvalue weighted by Crippen LogP contribution is -2.41. The van der Waals surface area contributed by atoms with Crippen molar-refractivity contribution in [1.82, 2.24) is 14.8 Å². The Kier molecular flexibility index (Phi) is 9.36. The second-order valence-electron chi connectivity index (χ2n) is 12.6. The number of benzene rings is 2. The minimum atomic E-state index is -0.844. The van der Waals surface area contributed by atoms with E-state index in [2.05, 4.69) is 5.32 Å². The van der Waals surface area contributed by atoms with Crippen LogP contribution in [0.3, 0.4) is 0 Å². The molecule has 1 aromatic heterocycles. The Balaban J connectivity index is 1.78. The van der Waals surface area contributed by atoms with Gasteiger partial charge in [0, 0.05) is 30.4 Å². The third kappa shape index (κ3) is 7.56. The van der Waals surface area contributed by atoms with E-state index in [0.29, 0.717) is 24.1 Å². The Morgan fingerprint density at radius 3 is 2.18 bits per heavy atom. The molecular weight excluding hydrogens is 572 g/mol. The number of aromatic nitrogens is 1. The van der Waals surface area contributed by atoms with Crippen LogP contribution in [0.25, 0.3) is 11.1 Å². The molecule has 0 radical (unpaired) electrons. The number of nitrogens with one attached hydrogen (secondary N) is 1. The summed E-state index contributed by atoms with van der Waals surface area (Å²) in [7, 11) is 0. The van der Waals surface area contributed by atoms with Gasteiger partial charge >= 0.3 is 12.1 Å². The molecule has 44 heavy (non-hydrogen) atoms. The van der Waals surface area contributed by atoms with Crippen molar-refractivity contribution in [3.05, 3.63) is 71.6 Å². The molecule has 1 fully saturated rings. The fourth-order valence-corrected chi connectivity index (χ4v) is 4.93. The van der Waals surface area contributed by atoms with Crippen LogP contribution >= 0.6 is 0 Å². The zero-order valence-corrected chi connectivity index (χ0v) is 26.1. The van der Waals surface area contributed by atoms with Crippen LogP contribution in [0.4, 0.5) is 13.6 Å². The summed E-state index contributed by atoms with van der Waals surface area (Å²) in [6.07, 6.45) is 1.76. The minimum Gasteiger partial charge on any atom is -0.461 e. The van der Waals surface area contributed by atoms with Crippen molar-refractivity contribution >= 4 is 18.0 Å². The van der Waals surface area contributed by atoms with E-state index in [1.54, 1.807) is 55.5 Å². The van der Waals surface area contributed by atoms with E-state index in [0.717, 1.165) is 12.1 Å². The van der Waals surface area contributed by atoms with Crippen LogP contribution in [0.2, 0.25) is 0 Å². The van der Waals surface area contributed by atoms with Crippen molar-refractivity contribution in [3.8, 4) is 22.6 Å². The maximum Gasteiger partial charge on any atom is 0.410 e. The van der Waals surface area contributed by atoms with E-state index < -0.39 is 46.5 Å². The number of esters is 1. The highest BCUT2D eigenvalue weighted by atomic mass is 19.1. The Morgan fingerprint density at radius 1 is 0.977 bits per heavy atom. The predicted molar refractivity (Wildman–Crippen MR) is 161 cm³/mol. The van der Waals surface area contributed by atoms with Crippen LogP contribution in [0.15, 0.2) is 48.7 Å². The quantitative estimate of drug-likeness (QED) is 0.286. The largest absolute Gasteiger partial charge is 0.461 e. The van der Waals surface area contributed by atoms with Gasteiger partial charge in [0.1, 0.15) is 17.0 Å². The van der Waals surface area contributed by atoms with Crippen molar-refractivity contribution in [2.75, 3.05) is 19.7 Å². The number of likely N-dealkylation sites (tertiary alicyclic amines) is 1. The number of ether oxygens (including phenoxy) is 3. The van der Waals surface area contributed by atoms with Gasteiger partial charge in [-0.05, 0) is 84.7 Å². The minimum absolute atomic E-state index is 0.0633. The van der Waals surface area contributed by atoms with Gasteiger partial charge in [0.15, 0.2) is 17.4 Å². The molecule has 9 nitrogen and oxygen atoms in total. The molecule has 2 amide bonds. The van der Waals surface area contributed by atoms with Crippen molar-refractivity contribution < 1.29 is 37.4 Å². The lowest BCUT2D eigenvalue weighted by atomic mass is 10.0. The number of carbonyl (C=O) groups excluding carboxylic acids is 3. The van der Waals surface area contributed by atoms with E-state index in [9.17, 15) is 23.2 Å². The van der Waals surface area contributed by atoms with Crippen LogP contribution in [-0.4, -0.2) is 58.3 Å². The van der Waals surface area contributed by atoms with E-state index in [1.807, 2.05) is 20.8 Å². The highest BCUT2D eigenvalue weighted by molar-refractivity contribution is 6.10. The first kappa shape index (κ1) is 32.5. The normalized spacial score (nSPS) is 15.2. The van der Waals surface area contributed by atoms with Gasteiger partial charge in [0.2, 0.25) is 0 Å². The first-order valence-electron chi connectivity index (χ1n) is 14.5.